The van der Waals surface area contributed by atoms with E-state index in [-0.39, 0.29) is 23.3 Å². The lowest BCUT2D eigenvalue weighted by Crippen LogP contribution is -2.53. The molecule has 2 saturated heterocycles. The van der Waals surface area contributed by atoms with Crippen molar-refractivity contribution in [2.75, 3.05) is 44.2 Å². The van der Waals surface area contributed by atoms with Gasteiger partial charge in [-0.05, 0) is 49.2 Å². The van der Waals surface area contributed by atoms with Crippen LogP contribution in [0.4, 0.5) is 10.2 Å². The average Bonchev–Trinajstić information content (AvgIpc) is 2.80. The third-order valence-electron chi connectivity index (χ3n) is 5.75. The highest BCUT2D eigenvalue weighted by Gasteiger charge is 2.35. The van der Waals surface area contributed by atoms with Crippen LogP contribution < -0.4 is 4.90 Å². The van der Waals surface area contributed by atoms with Crippen molar-refractivity contribution in [2.45, 2.75) is 17.7 Å². The van der Waals surface area contributed by atoms with Gasteiger partial charge in [-0.3, -0.25) is 4.79 Å². The Morgan fingerprint density at radius 1 is 1.00 bits per heavy atom. The Hall–Kier alpha value is -2.52. The molecular weight excluding hydrogens is 407 g/mol. The highest BCUT2D eigenvalue weighted by Crippen LogP contribution is 2.26. The van der Waals surface area contributed by atoms with Gasteiger partial charge in [0.15, 0.2) is 0 Å². The van der Waals surface area contributed by atoms with Crippen LogP contribution in [0.1, 0.15) is 12.8 Å². The SMILES string of the molecule is O=C([C@H]1CCCN(S(=O)(=O)c2ccc(F)cc2)C1)N1CCN(c2ccccn2)CC1. The van der Waals surface area contributed by atoms with Gasteiger partial charge in [0.25, 0.3) is 0 Å². The molecule has 2 fully saturated rings. The molecule has 2 aliphatic rings. The molecule has 0 saturated carbocycles. The molecule has 1 aromatic heterocycles. The number of hydrogen-bond acceptors (Lipinski definition) is 5. The number of hydrogen-bond donors (Lipinski definition) is 0. The zero-order chi connectivity index (χ0) is 21.1. The first-order valence-electron chi connectivity index (χ1n) is 10.2. The lowest BCUT2D eigenvalue weighted by molar-refractivity contribution is -0.137. The standard InChI is InChI=1S/C21H25FN4O3S/c22-18-6-8-19(9-7-18)30(28,29)26-11-3-4-17(16-26)21(27)25-14-12-24(13-15-25)20-5-1-2-10-23-20/h1-2,5-10,17H,3-4,11-16H2/t17-/m0/s1. The van der Waals surface area contributed by atoms with Gasteiger partial charge in [0.05, 0.1) is 10.8 Å². The molecule has 1 aromatic carbocycles. The summed E-state index contributed by atoms with van der Waals surface area (Å²) < 4.78 is 40.3. The smallest absolute Gasteiger partial charge is 0.243 e. The van der Waals surface area contributed by atoms with Crippen molar-refractivity contribution in [3.63, 3.8) is 0 Å². The molecular formula is C21H25FN4O3S. The van der Waals surface area contributed by atoms with Gasteiger partial charge in [0.2, 0.25) is 15.9 Å². The number of amides is 1. The molecule has 1 amide bonds. The third-order valence-corrected chi connectivity index (χ3v) is 7.63. The van der Waals surface area contributed by atoms with Gasteiger partial charge in [-0.1, -0.05) is 6.07 Å². The fraction of sp³-hybridized carbons (Fsp3) is 0.429. The number of carbonyl (C=O) groups is 1. The van der Waals surface area contributed by atoms with Crippen LogP contribution in [0.15, 0.2) is 53.6 Å². The quantitative estimate of drug-likeness (QED) is 0.739. The van der Waals surface area contributed by atoms with Gasteiger partial charge in [0.1, 0.15) is 11.6 Å². The van der Waals surface area contributed by atoms with Crippen molar-refractivity contribution in [2.24, 2.45) is 5.92 Å². The molecule has 4 rings (SSSR count). The second-order valence-corrected chi connectivity index (χ2v) is 9.59. The van der Waals surface area contributed by atoms with Crippen molar-refractivity contribution >= 4 is 21.7 Å². The number of benzene rings is 1. The van der Waals surface area contributed by atoms with Crippen LogP contribution in [0, 0.1) is 11.7 Å². The number of pyridine rings is 1. The maximum atomic E-state index is 13.2. The van der Waals surface area contributed by atoms with Crippen LogP contribution in [0.25, 0.3) is 0 Å². The van der Waals surface area contributed by atoms with Gasteiger partial charge < -0.3 is 9.80 Å². The molecule has 1 atom stereocenters. The minimum absolute atomic E-state index is 0.00896. The fourth-order valence-electron chi connectivity index (χ4n) is 4.07. The molecule has 2 aliphatic heterocycles. The largest absolute Gasteiger partial charge is 0.353 e. The molecule has 0 N–H and O–H groups in total. The van der Waals surface area contributed by atoms with Gasteiger partial charge in [-0.15, -0.1) is 0 Å². The lowest BCUT2D eigenvalue weighted by Gasteiger charge is -2.39. The van der Waals surface area contributed by atoms with Crippen molar-refractivity contribution in [1.29, 1.82) is 0 Å². The van der Waals surface area contributed by atoms with E-state index >= 15 is 0 Å². The number of carbonyl (C=O) groups excluding carboxylic acids is 1. The number of aromatic nitrogens is 1. The minimum atomic E-state index is -3.74. The summed E-state index contributed by atoms with van der Waals surface area (Å²) in [5, 5.41) is 0. The van der Waals surface area contributed by atoms with Gasteiger partial charge in [0, 0.05) is 45.5 Å². The first kappa shape index (κ1) is 20.7. The van der Waals surface area contributed by atoms with Crippen LogP contribution in [0.3, 0.4) is 0 Å². The van der Waals surface area contributed by atoms with E-state index in [0.717, 1.165) is 18.0 Å². The number of piperazine rings is 1. The Morgan fingerprint density at radius 2 is 1.73 bits per heavy atom. The van der Waals surface area contributed by atoms with Gasteiger partial charge >= 0.3 is 0 Å². The third kappa shape index (κ3) is 4.32. The molecule has 2 aromatic rings. The zero-order valence-corrected chi connectivity index (χ0v) is 17.5. The van der Waals surface area contributed by atoms with Crippen LogP contribution in [0.2, 0.25) is 0 Å². The number of nitrogens with zero attached hydrogens (tertiary/aromatic N) is 4. The van der Waals surface area contributed by atoms with E-state index in [9.17, 15) is 17.6 Å². The van der Waals surface area contributed by atoms with E-state index in [1.165, 1.54) is 16.4 Å². The fourth-order valence-corrected chi connectivity index (χ4v) is 5.60. The van der Waals surface area contributed by atoms with Gasteiger partial charge in [-0.2, -0.15) is 4.31 Å². The topological polar surface area (TPSA) is 73.8 Å². The zero-order valence-electron chi connectivity index (χ0n) is 16.7. The van der Waals surface area contributed by atoms with Crippen LogP contribution in [-0.4, -0.2) is 67.8 Å². The second-order valence-electron chi connectivity index (χ2n) is 7.66. The molecule has 30 heavy (non-hydrogen) atoms. The summed E-state index contributed by atoms with van der Waals surface area (Å²) in [5.74, 6) is 0.0781. The molecule has 0 spiro atoms. The van der Waals surface area contributed by atoms with Crippen molar-refractivity contribution in [3.05, 3.63) is 54.5 Å². The van der Waals surface area contributed by atoms with E-state index < -0.39 is 15.8 Å². The highest BCUT2D eigenvalue weighted by molar-refractivity contribution is 7.89. The summed E-state index contributed by atoms with van der Waals surface area (Å²) in [6.07, 6.45) is 3.06. The summed E-state index contributed by atoms with van der Waals surface area (Å²) in [7, 11) is -3.74. The Balaban J connectivity index is 1.39. The summed E-state index contributed by atoms with van der Waals surface area (Å²) >= 11 is 0. The van der Waals surface area contributed by atoms with E-state index in [4.69, 9.17) is 0 Å². The Bertz CT molecular complexity index is 977. The van der Waals surface area contributed by atoms with Crippen molar-refractivity contribution in [1.82, 2.24) is 14.2 Å². The van der Waals surface area contributed by atoms with Gasteiger partial charge in [-0.25, -0.2) is 17.8 Å². The number of halogens is 1. The molecule has 0 bridgehead atoms. The maximum Gasteiger partial charge on any atom is 0.243 e. The number of sulfonamides is 1. The molecule has 7 nitrogen and oxygen atoms in total. The summed E-state index contributed by atoms with van der Waals surface area (Å²) in [6, 6.07) is 10.6. The summed E-state index contributed by atoms with van der Waals surface area (Å²) in [4.78, 5) is 21.5. The molecule has 0 radical (unpaired) electrons. The second kappa shape index (κ2) is 8.69. The number of rotatable bonds is 4. The summed E-state index contributed by atoms with van der Waals surface area (Å²) in [6.45, 7) is 3.13. The van der Waals surface area contributed by atoms with Crippen LogP contribution >= 0.6 is 0 Å². The number of anilines is 1. The number of piperidine rings is 1. The van der Waals surface area contributed by atoms with Crippen LogP contribution in [-0.2, 0) is 14.8 Å². The monoisotopic (exact) mass is 432 g/mol. The predicted molar refractivity (Wildman–Crippen MR) is 111 cm³/mol. The molecule has 9 heteroatoms. The molecule has 0 unspecified atom stereocenters. The Labute approximate surface area is 176 Å². The average molecular weight is 433 g/mol. The molecule has 160 valence electrons. The first-order valence-corrected chi connectivity index (χ1v) is 11.6. The normalized spacial score (nSPS) is 20.9. The van der Waals surface area contributed by atoms with Crippen LogP contribution in [0.5, 0.6) is 0 Å². The van der Waals surface area contributed by atoms with Crippen molar-refractivity contribution in [3.8, 4) is 0 Å². The summed E-state index contributed by atoms with van der Waals surface area (Å²) in [5.41, 5.74) is 0. The lowest BCUT2D eigenvalue weighted by atomic mass is 9.98. The molecule has 0 aliphatic carbocycles. The first-order chi connectivity index (χ1) is 14.4. The Morgan fingerprint density at radius 3 is 2.40 bits per heavy atom. The van der Waals surface area contributed by atoms with E-state index in [1.807, 2.05) is 23.1 Å². The van der Waals surface area contributed by atoms with E-state index in [2.05, 4.69) is 9.88 Å². The highest BCUT2D eigenvalue weighted by atomic mass is 32.2. The minimum Gasteiger partial charge on any atom is -0.353 e. The predicted octanol–water partition coefficient (Wildman–Crippen LogP) is 1.97. The van der Waals surface area contributed by atoms with E-state index in [1.54, 1.807) is 6.20 Å². The van der Waals surface area contributed by atoms with E-state index in [0.29, 0.717) is 45.6 Å². The maximum absolute atomic E-state index is 13.2. The molecule has 3 heterocycles. The van der Waals surface area contributed by atoms with Crippen molar-refractivity contribution < 1.29 is 17.6 Å². The Kier molecular flexibility index (Phi) is 6.01.